The van der Waals surface area contributed by atoms with E-state index in [4.69, 9.17) is 11.6 Å². The molecule has 20 heavy (non-hydrogen) atoms. The maximum atomic E-state index is 6.26. The minimum atomic E-state index is 0.529. The molecule has 3 atom stereocenters. The molecule has 2 heterocycles. The zero-order valence-electron chi connectivity index (χ0n) is 11.9. The van der Waals surface area contributed by atoms with Crippen LogP contribution in [0.3, 0.4) is 0 Å². The lowest BCUT2D eigenvalue weighted by Gasteiger charge is -2.40. The molecule has 1 saturated heterocycles. The van der Waals surface area contributed by atoms with Crippen molar-refractivity contribution < 1.29 is 0 Å². The highest BCUT2D eigenvalue weighted by atomic mass is 35.5. The SMILES string of the molecule is Clc1ccncc1NC1CCCCC1C1CCCCN1. The minimum absolute atomic E-state index is 0.529. The van der Waals surface area contributed by atoms with Gasteiger partial charge in [0.25, 0.3) is 0 Å². The van der Waals surface area contributed by atoms with Crippen LogP contribution in [-0.2, 0) is 0 Å². The third kappa shape index (κ3) is 3.26. The van der Waals surface area contributed by atoms with Crippen molar-refractivity contribution >= 4 is 17.3 Å². The van der Waals surface area contributed by atoms with Gasteiger partial charge in [0.15, 0.2) is 0 Å². The molecule has 3 unspecified atom stereocenters. The number of nitrogens with one attached hydrogen (secondary N) is 2. The maximum absolute atomic E-state index is 6.26. The van der Waals surface area contributed by atoms with Gasteiger partial charge >= 0.3 is 0 Å². The molecule has 1 aromatic heterocycles. The van der Waals surface area contributed by atoms with Crippen molar-refractivity contribution in [2.45, 2.75) is 57.0 Å². The zero-order valence-corrected chi connectivity index (χ0v) is 12.7. The van der Waals surface area contributed by atoms with Gasteiger partial charge in [-0.1, -0.05) is 30.9 Å². The summed E-state index contributed by atoms with van der Waals surface area (Å²) in [6.45, 7) is 1.18. The van der Waals surface area contributed by atoms with Gasteiger partial charge in [0.05, 0.1) is 16.9 Å². The van der Waals surface area contributed by atoms with Gasteiger partial charge in [-0.3, -0.25) is 4.98 Å². The van der Waals surface area contributed by atoms with Crippen LogP contribution in [0, 0.1) is 5.92 Å². The standard InChI is InChI=1S/C16H24ClN3/c17-13-8-10-18-11-16(13)20-15-7-2-1-5-12(15)14-6-3-4-9-19-14/h8,10-12,14-15,19-20H,1-7,9H2. The predicted octanol–water partition coefficient (Wildman–Crippen LogP) is 3.85. The van der Waals surface area contributed by atoms with E-state index in [0.717, 1.165) is 16.6 Å². The summed E-state index contributed by atoms with van der Waals surface area (Å²) in [5.41, 5.74) is 0.988. The molecule has 1 aromatic rings. The van der Waals surface area contributed by atoms with Crippen LogP contribution in [0.15, 0.2) is 18.5 Å². The van der Waals surface area contributed by atoms with Gasteiger partial charge in [-0.25, -0.2) is 0 Å². The molecule has 0 bridgehead atoms. The summed E-state index contributed by atoms with van der Waals surface area (Å²) >= 11 is 6.26. The summed E-state index contributed by atoms with van der Waals surface area (Å²) in [6.07, 6.45) is 12.9. The first-order chi connectivity index (χ1) is 9.84. The second-order valence-electron chi connectivity index (χ2n) is 6.11. The van der Waals surface area contributed by atoms with Gasteiger partial charge in [0.2, 0.25) is 0 Å². The Hall–Kier alpha value is -0.800. The van der Waals surface area contributed by atoms with Crippen LogP contribution in [0.5, 0.6) is 0 Å². The van der Waals surface area contributed by atoms with Crippen LogP contribution < -0.4 is 10.6 Å². The van der Waals surface area contributed by atoms with Gasteiger partial charge in [-0.05, 0) is 44.2 Å². The van der Waals surface area contributed by atoms with E-state index in [1.165, 1.54) is 51.5 Å². The molecular weight excluding hydrogens is 270 g/mol. The van der Waals surface area contributed by atoms with Gasteiger partial charge in [0, 0.05) is 18.3 Å². The van der Waals surface area contributed by atoms with Gasteiger partial charge < -0.3 is 10.6 Å². The first-order valence-electron chi connectivity index (χ1n) is 7.94. The molecule has 3 rings (SSSR count). The smallest absolute Gasteiger partial charge is 0.0718 e. The Morgan fingerprint density at radius 3 is 2.80 bits per heavy atom. The molecule has 0 aromatic carbocycles. The average Bonchev–Trinajstić information content (AvgIpc) is 2.51. The van der Waals surface area contributed by atoms with Crippen molar-refractivity contribution in [3.05, 3.63) is 23.5 Å². The van der Waals surface area contributed by atoms with Crippen LogP contribution in [0.2, 0.25) is 5.02 Å². The number of pyridine rings is 1. The number of piperidine rings is 1. The Bertz CT molecular complexity index is 431. The number of nitrogens with zero attached hydrogens (tertiary/aromatic N) is 1. The number of halogens is 1. The Kier molecular flexibility index (Phi) is 4.79. The zero-order chi connectivity index (χ0) is 13.8. The number of hydrogen-bond donors (Lipinski definition) is 2. The van der Waals surface area contributed by atoms with Crippen LogP contribution in [0.1, 0.15) is 44.9 Å². The highest BCUT2D eigenvalue weighted by molar-refractivity contribution is 6.33. The number of rotatable bonds is 3. The van der Waals surface area contributed by atoms with Crippen molar-refractivity contribution in [1.82, 2.24) is 10.3 Å². The van der Waals surface area contributed by atoms with E-state index in [2.05, 4.69) is 15.6 Å². The Morgan fingerprint density at radius 2 is 2.00 bits per heavy atom. The molecule has 110 valence electrons. The van der Waals surface area contributed by atoms with Crippen molar-refractivity contribution in [2.75, 3.05) is 11.9 Å². The molecule has 0 radical (unpaired) electrons. The van der Waals surface area contributed by atoms with E-state index in [9.17, 15) is 0 Å². The number of aromatic nitrogens is 1. The Morgan fingerprint density at radius 1 is 1.15 bits per heavy atom. The predicted molar refractivity (Wildman–Crippen MR) is 84.3 cm³/mol. The molecule has 2 fully saturated rings. The summed E-state index contributed by atoms with van der Waals surface area (Å²) < 4.78 is 0. The summed E-state index contributed by atoms with van der Waals surface area (Å²) in [4.78, 5) is 4.19. The van der Waals surface area contributed by atoms with Crippen molar-refractivity contribution in [3.8, 4) is 0 Å². The van der Waals surface area contributed by atoms with E-state index < -0.39 is 0 Å². The lowest BCUT2D eigenvalue weighted by Crippen LogP contribution is -2.48. The molecule has 1 aliphatic carbocycles. The topological polar surface area (TPSA) is 37.0 Å². The summed E-state index contributed by atoms with van der Waals surface area (Å²) in [5, 5.41) is 8.17. The second-order valence-corrected chi connectivity index (χ2v) is 6.52. The molecule has 4 heteroatoms. The molecule has 0 amide bonds. The maximum Gasteiger partial charge on any atom is 0.0718 e. The quantitative estimate of drug-likeness (QED) is 0.889. The van der Waals surface area contributed by atoms with Gasteiger partial charge in [0.1, 0.15) is 0 Å². The summed E-state index contributed by atoms with van der Waals surface area (Å²) in [6, 6.07) is 3.07. The van der Waals surface area contributed by atoms with Gasteiger partial charge in [-0.2, -0.15) is 0 Å². The molecule has 1 aliphatic heterocycles. The van der Waals surface area contributed by atoms with E-state index in [1.54, 1.807) is 6.20 Å². The second kappa shape index (κ2) is 6.77. The largest absolute Gasteiger partial charge is 0.380 e. The van der Waals surface area contributed by atoms with Crippen LogP contribution in [-0.4, -0.2) is 23.6 Å². The van der Waals surface area contributed by atoms with Gasteiger partial charge in [-0.15, -0.1) is 0 Å². The van der Waals surface area contributed by atoms with E-state index in [1.807, 2.05) is 12.3 Å². The van der Waals surface area contributed by atoms with E-state index in [0.29, 0.717) is 12.1 Å². The summed E-state index contributed by atoms with van der Waals surface area (Å²) in [5.74, 6) is 0.723. The van der Waals surface area contributed by atoms with Crippen LogP contribution in [0.4, 0.5) is 5.69 Å². The van der Waals surface area contributed by atoms with Crippen molar-refractivity contribution in [1.29, 1.82) is 0 Å². The molecule has 0 spiro atoms. The minimum Gasteiger partial charge on any atom is -0.380 e. The van der Waals surface area contributed by atoms with Crippen LogP contribution >= 0.6 is 11.6 Å². The third-order valence-corrected chi connectivity index (χ3v) is 5.12. The lowest BCUT2D eigenvalue weighted by molar-refractivity contribution is 0.217. The first-order valence-corrected chi connectivity index (χ1v) is 8.32. The average molecular weight is 294 g/mol. The van der Waals surface area contributed by atoms with E-state index >= 15 is 0 Å². The first kappa shape index (κ1) is 14.2. The molecular formula is C16H24ClN3. The van der Waals surface area contributed by atoms with E-state index in [-0.39, 0.29) is 0 Å². The molecule has 3 nitrogen and oxygen atoms in total. The Labute approximate surface area is 126 Å². The summed E-state index contributed by atoms with van der Waals surface area (Å²) in [7, 11) is 0. The number of hydrogen-bond acceptors (Lipinski definition) is 3. The fraction of sp³-hybridized carbons (Fsp3) is 0.688. The molecule has 2 N–H and O–H groups in total. The lowest BCUT2D eigenvalue weighted by atomic mass is 9.77. The third-order valence-electron chi connectivity index (χ3n) is 4.79. The highest BCUT2D eigenvalue weighted by Crippen LogP contribution is 2.33. The molecule has 2 aliphatic rings. The van der Waals surface area contributed by atoms with Crippen molar-refractivity contribution in [2.24, 2.45) is 5.92 Å². The molecule has 1 saturated carbocycles. The van der Waals surface area contributed by atoms with Crippen molar-refractivity contribution in [3.63, 3.8) is 0 Å². The van der Waals surface area contributed by atoms with Crippen LogP contribution in [0.25, 0.3) is 0 Å². The normalized spacial score (nSPS) is 30.9. The number of anilines is 1. The Balaban J connectivity index is 1.70. The highest BCUT2D eigenvalue weighted by Gasteiger charge is 2.32. The fourth-order valence-electron chi connectivity index (χ4n) is 3.75. The fourth-order valence-corrected chi connectivity index (χ4v) is 3.91. The monoisotopic (exact) mass is 293 g/mol.